The molecule has 7 nitrogen and oxygen atoms in total. The highest BCUT2D eigenvalue weighted by molar-refractivity contribution is 5.83. The van der Waals surface area contributed by atoms with Crippen LogP contribution < -0.4 is 10.9 Å². The van der Waals surface area contributed by atoms with Crippen molar-refractivity contribution in [3.63, 3.8) is 0 Å². The van der Waals surface area contributed by atoms with Gasteiger partial charge in [-0.3, -0.25) is 9.59 Å². The van der Waals surface area contributed by atoms with Crippen LogP contribution in [0.1, 0.15) is 26.0 Å². The molecule has 1 heterocycles. The molecule has 0 aliphatic rings. The van der Waals surface area contributed by atoms with Gasteiger partial charge in [-0.15, -0.1) is 0 Å². The van der Waals surface area contributed by atoms with E-state index in [2.05, 4.69) is 5.32 Å². The third-order valence-electron chi connectivity index (χ3n) is 2.96. The Hall–Kier alpha value is -2.31. The van der Waals surface area contributed by atoms with E-state index in [-0.39, 0.29) is 18.2 Å². The average molecular weight is 296 g/mol. The Morgan fingerprint density at radius 1 is 1.33 bits per heavy atom. The van der Waals surface area contributed by atoms with Crippen LogP contribution in [0, 0.1) is 12.8 Å². The molecule has 1 atom stereocenters. The molecule has 7 heteroatoms. The summed E-state index contributed by atoms with van der Waals surface area (Å²) in [6.45, 7) is 5.01. The van der Waals surface area contributed by atoms with E-state index in [1.807, 2.05) is 13.8 Å². The zero-order valence-corrected chi connectivity index (χ0v) is 12.3. The molecule has 21 heavy (non-hydrogen) atoms. The smallest absolute Gasteiger partial charge is 0.326 e. The largest absolute Gasteiger partial charge is 0.508 e. The minimum atomic E-state index is -1.10. The number of rotatable bonds is 6. The van der Waals surface area contributed by atoms with Crippen molar-refractivity contribution in [3.05, 3.63) is 28.2 Å². The van der Waals surface area contributed by atoms with Crippen LogP contribution in [0.15, 0.2) is 16.9 Å². The molecule has 0 fully saturated rings. The Morgan fingerprint density at radius 2 is 1.95 bits per heavy atom. The molecule has 0 saturated heterocycles. The normalized spacial score (nSPS) is 12.2. The Labute approximate surface area is 122 Å². The van der Waals surface area contributed by atoms with Gasteiger partial charge in [0.1, 0.15) is 18.3 Å². The van der Waals surface area contributed by atoms with E-state index in [1.165, 1.54) is 10.6 Å². The monoisotopic (exact) mass is 296 g/mol. The van der Waals surface area contributed by atoms with E-state index in [4.69, 9.17) is 5.11 Å². The lowest BCUT2D eigenvalue weighted by Crippen LogP contribution is -2.44. The minimum absolute atomic E-state index is 0.115. The van der Waals surface area contributed by atoms with Crippen LogP contribution in [0.3, 0.4) is 0 Å². The molecule has 0 radical (unpaired) electrons. The number of hydrogen-bond donors (Lipinski definition) is 3. The average Bonchev–Trinajstić information content (AvgIpc) is 2.32. The predicted octanol–water partition coefficient (Wildman–Crippen LogP) is 0.478. The molecule has 0 spiro atoms. The Kier molecular flexibility index (Phi) is 5.52. The number of carboxylic acid groups (broad SMARTS) is 1. The number of amides is 1. The number of aryl methyl sites for hydroxylation is 1. The third kappa shape index (κ3) is 4.94. The fourth-order valence-electron chi connectivity index (χ4n) is 1.99. The number of aromatic hydroxyl groups is 1. The Morgan fingerprint density at radius 3 is 2.43 bits per heavy atom. The highest BCUT2D eigenvalue weighted by Crippen LogP contribution is 2.07. The topological polar surface area (TPSA) is 109 Å². The number of pyridine rings is 1. The molecular formula is C14H20N2O5. The fourth-order valence-corrected chi connectivity index (χ4v) is 1.99. The van der Waals surface area contributed by atoms with Gasteiger partial charge in [-0.25, -0.2) is 4.79 Å². The maximum absolute atomic E-state index is 11.9. The van der Waals surface area contributed by atoms with Crippen LogP contribution in [-0.4, -0.2) is 32.7 Å². The molecule has 116 valence electrons. The van der Waals surface area contributed by atoms with Gasteiger partial charge >= 0.3 is 5.97 Å². The number of carbonyl (C=O) groups excluding carboxylic acids is 1. The second-order valence-electron chi connectivity index (χ2n) is 5.37. The van der Waals surface area contributed by atoms with Gasteiger partial charge in [-0.2, -0.15) is 0 Å². The first-order valence-corrected chi connectivity index (χ1v) is 6.63. The molecule has 1 amide bonds. The van der Waals surface area contributed by atoms with E-state index in [1.54, 1.807) is 6.92 Å². The summed E-state index contributed by atoms with van der Waals surface area (Å²) in [5, 5.41) is 20.7. The zero-order chi connectivity index (χ0) is 16.2. The molecule has 0 aromatic carbocycles. The van der Waals surface area contributed by atoms with Crippen LogP contribution in [-0.2, 0) is 16.1 Å². The lowest BCUT2D eigenvalue weighted by Gasteiger charge is -2.17. The van der Waals surface area contributed by atoms with Crippen LogP contribution >= 0.6 is 0 Å². The van der Waals surface area contributed by atoms with E-state index >= 15 is 0 Å². The van der Waals surface area contributed by atoms with Gasteiger partial charge in [0, 0.05) is 11.8 Å². The molecule has 1 aromatic rings. The summed E-state index contributed by atoms with van der Waals surface area (Å²) in [5.41, 5.74) is -0.0933. The Balaban J connectivity index is 2.82. The predicted molar refractivity (Wildman–Crippen MR) is 76.1 cm³/mol. The second-order valence-corrected chi connectivity index (χ2v) is 5.37. The summed E-state index contributed by atoms with van der Waals surface area (Å²) < 4.78 is 1.17. The standard InChI is InChI=1S/C14H20N2O5/c1-8(2)4-11(14(20)21)15-12(18)7-16-9(3)5-10(17)6-13(16)19/h5-6,8,11,17H,4,7H2,1-3H3,(H,15,18)(H,20,21)/t11-/m1/s1. The van der Waals surface area contributed by atoms with Gasteiger partial charge in [0.2, 0.25) is 5.91 Å². The Bertz CT molecular complexity index is 592. The molecule has 0 aliphatic heterocycles. The highest BCUT2D eigenvalue weighted by atomic mass is 16.4. The number of aliphatic carboxylic acids is 1. The number of nitrogens with zero attached hydrogens (tertiary/aromatic N) is 1. The highest BCUT2D eigenvalue weighted by Gasteiger charge is 2.21. The third-order valence-corrected chi connectivity index (χ3v) is 2.96. The van der Waals surface area contributed by atoms with Crippen molar-refractivity contribution in [1.82, 2.24) is 9.88 Å². The molecular weight excluding hydrogens is 276 g/mol. The summed E-state index contributed by atoms with van der Waals surface area (Å²) in [6, 6.07) is 1.38. The first-order chi connectivity index (χ1) is 9.70. The summed E-state index contributed by atoms with van der Waals surface area (Å²) in [5.74, 6) is -1.72. The van der Waals surface area contributed by atoms with E-state index < -0.39 is 23.5 Å². The van der Waals surface area contributed by atoms with Gasteiger partial charge in [-0.05, 0) is 25.3 Å². The number of hydrogen-bond acceptors (Lipinski definition) is 4. The maximum atomic E-state index is 11.9. The van der Waals surface area contributed by atoms with E-state index in [9.17, 15) is 19.5 Å². The van der Waals surface area contributed by atoms with Crippen LogP contribution in [0.2, 0.25) is 0 Å². The fraction of sp³-hybridized carbons (Fsp3) is 0.500. The van der Waals surface area contributed by atoms with Crippen LogP contribution in [0.4, 0.5) is 0 Å². The first-order valence-electron chi connectivity index (χ1n) is 6.63. The lowest BCUT2D eigenvalue weighted by molar-refractivity contribution is -0.142. The number of carbonyl (C=O) groups is 2. The zero-order valence-electron chi connectivity index (χ0n) is 12.3. The van der Waals surface area contributed by atoms with Gasteiger partial charge in [0.25, 0.3) is 5.56 Å². The van der Waals surface area contributed by atoms with Crippen LogP contribution in [0.5, 0.6) is 5.75 Å². The summed E-state index contributed by atoms with van der Waals surface area (Å²) in [7, 11) is 0. The van der Waals surface area contributed by atoms with Crippen molar-refractivity contribution in [2.24, 2.45) is 5.92 Å². The van der Waals surface area contributed by atoms with Crippen molar-refractivity contribution in [3.8, 4) is 5.75 Å². The number of carboxylic acids is 1. The second kappa shape index (κ2) is 6.92. The van der Waals surface area contributed by atoms with Crippen molar-refractivity contribution in [2.75, 3.05) is 0 Å². The quantitative estimate of drug-likeness (QED) is 0.707. The van der Waals surface area contributed by atoms with Crippen molar-refractivity contribution < 1.29 is 19.8 Å². The summed E-state index contributed by atoms with van der Waals surface area (Å²) in [4.78, 5) is 34.7. The SMILES string of the molecule is Cc1cc(O)cc(=O)n1CC(=O)N[C@H](CC(C)C)C(=O)O. The van der Waals surface area contributed by atoms with Gasteiger partial charge in [-0.1, -0.05) is 13.8 Å². The molecule has 1 aromatic heterocycles. The summed E-state index contributed by atoms with van der Waals surface area (Å²) in [6.07, 6.45) is 0.310. The van der Waals surface area contributed by atoms with Crippen molar-refractivity contribution in [2.45, 2.75) is 39.8 Å². The van der Waals surface area contributed by atoms with Crippen molar-refractivity contribution in [1.29, 1.82) is 0 Å². The molecule has 0 saturated carbocycles. The number of aromatic nitrogens is 1. The number of nitrogens with one attached hydrogen (secondary N) is 1. The van der Waals surface area contributed by atoms with E-state index in [0.29, 0.717) is 12.1 Å². The van der Waals surface area contributed by atoms with Gasteiger partial charge in [0.15, 0.2) is 0 Å². The molecule has 0 unspecified atom stereocenters. The maximum Gasteiger partial charge on any atom is 0.326 e. The van der Waals surface area contributed by atoms with Gasteiger partial charge in [0.05, 0.1) is 0 Å². The van der Waals surface area contributed by atoms with Crippen LogP contribution in [0.25, 0.3) is 0 Å². The molecule has 0 bridgehead atoms. The molecule has 3 N–H and O–H groups in total. The van der Waals surface area contributed by atoms with Crippen molar-refractivity contribution >= 4 is 11.9 Å². The molecule has 0 aliphatic carbocycles. The lowest BCUT2D eigenvalue weighted by atomic mass is 10.0. The van der Waals surface area contributed by atoms with Gasteiger partial charge < -0.3 is 20.1 Å². The minimum Gasteiger partial charge on any atom is -0.508 e. The van der Waals surface area contributed by atoms with E-state index in [0.717, 1.165) is 6.07 Å². The first kappa shape index (κ1) is 16.7. The summed E-state index contributed by atoms with van der Waals surface area (Å²) >= 11 is 0. The molecule has 1 rings (SSSR count).